The normalized spacial score (nSPS) is 12.0. The number of hydrogen-bond donors (Lipinski definition) is 0. The van der Waals surface area contributed by atoms with Crippen LogP contribution >= 0.6 is 11.3 Å². The molecule has 0 unspecified atom stereocenters. The fraction of sp³-hybridized carbons (Fsp3) is 0. The summed E-state index contributed by atoms with van der Waals surface area (Å²) < 4.78 is 7.58. The number of hydrogen-bond acceptors (Lipinski definition) is 3. The van der Waals surface area contributed by atoms with Crippen molar-refractivity contribution in [2.24, 2.45) is 0 Å². The van der Waals surface area contributed by atoms with E-state index in [1.54, 1.807) is 0 Å². The van der Waals surface area contributed by atoms with E-state index in [2.05, 4.69) is 179 Å². The smallest absolute Gasteiger partial charge is 0.160 e. The van der Waals surface area contributed by atoms with Crippen molar-refractivity contribution in [2.45, 2.75) is 0 Å². The van der Waals surface area contributed by atoms with Crippen molar-refractivity contribution in [3.8, 4) is 34.0 Å². The van der Waals surface area contributed by atoms with Crippen LogP contribution in [-0.2, 0) is 0 Å². The molecule has 12 rings (SSSR count). The summed E-state index contributed by atoms with van der Waals surface area (Å²) in [6, 6.07) is 65.0. The number of rotatable bonds is 4. The van der Waals surface area contributed by atoms with Crippen LogP contribution in [0.3, 0.4) is 0 Å². The second-order valence-corrected chi connectivity index (χ2v) is 15.2. The summed E-state index contributed by atoms with van der Waals surface area (Å²) in [6.07, 6.45) is 0. The van der Waals surface area contributed by atoms with Gasteiger partial charge in [-0.15, -0.1) is 11.3 Å². The molecule has 0 N–H and O–H groups in total. The molecule has 0 fully saturated rings. The molecule has 4 aromatic heterocycles. The average Bonchev–Trinajstić information content (AvgIpc) is 3.92. The van der Waals surface area contributed by atoms with Gasteiger partial charge in [0.25, 0.3) is 0 Å². The van der Waals surface area contributed by atoms with Gasteiger partial charge in [0.05, 0.1) is 33.3 Å². The standard InChI is InChI=1S/C50H30N4S/c1-3-16-31(17-4-1)46-35-22-7-11-26-39(35)51-50(52-46)32-18-15-21-34(30-32)54-41-28-13-9-24-37(41)45-48(54)47-43(44-38-25-10-14-29-42(38)55-49(44)45)36-23-8-12-27-40(36)53(47)33-19-5-2-6-20-33/h1-30H. The van der Waals surface area contributed by atoms with E-state index in [0.717, 1.165) is 44.6 Å². The van der Waals surface area contributed by atoms with E-state index in [1.165, 1.54) is 58.3 Å². The van der Waals surface area contributed by atoms with Crippen LogP contribution < -0.4 is 0 Å². The maximum absolute atomic E-state index is 5.26. The molecule has 0 amide bonds. The molecule has 0 aliphatic carbocycles. The Hall–Kier alpha value is -7.08. The van der Waals surface area contributed by atoms with E-state index < -0.39 is 0 Å². The van der Waals surface area contributed by atoms with Gasteiger partial charge in [-0.2, -0.15) is 0 Å². The average molecular weight is 719 g/mol. The van der Waals surface area contributed by atoms with Gasteiger partial charge < -0.3 is 9.13 Å². The molecule has 0 spiro atoms. The number of para-hydroxylation sites is 4. The van der Waals surface area contributed by atoms with Crippen LogP contribution in [0.25, 0.3) is 109 Å². The highest BCUT2D eigenvalue weighted by Gasteiger charge is 2.27. The van der Waals surface area contributed by atoms with Gasteiger partial charge in [0.15, 0.2) is 5.82 Å². The minimum atomic E-state index is 0.704. The number of nitrogens with zero attached hydrogens (tertiary/aromatic N) is 4. The maximum Gasteiger partial charge on any atom is 0.160 e. The first-order valence-corrected chi connectivity index (χ1v) is 19.4. The Kier molecular flexibility index (Phi) is 6.47. The van der Waals surface area contributed by atoms with E-state index in [1.807, 2.05) is 23.5 Å². The summed E-state index contributed by atoms with van der Waals surface area (Å²) in [5, 5.41) is 8.71. The zero-order valence-corrected chi connectivity index (χ0v) is 30.3. The van der Waals surface area contributed by atoms with Crippen LogP contribution in [0.1, 0.15) is 0 Å². The van der Waals surface area contributed by atoms with Gasteiger partial charge in [0, 0.05) is 69.6 Å². The minimum absolute atomic E-state index is 0.704. The highest BCUT2D eigenvalue weighted by molar-refractivity contribution is 7.27. The van der Waals surface area contributed by atoms with E-state index >= 15 is 0 Å². The molecule has 5 heteroatoms. The first-order chi connectivity index (χ1) is 27.3. The lowest BCUT2D eigenvalue weighted by atomic mass is 10.0. The lowest BCUT2D eigenvalue weighted by Gasteiger charge is -2.14. The zero-order valence-electron chi connectivity index (χ0n) is 29.5. The first-order valence-electron chi connectivity index (χ1n) is 18.6. The summed E-state index contributed by atoms with van der Waals surface area (Å²) in [4.78, 5) is 10.4. The number of aromatic nitrogens is 4. The van der Waals surface area contributed by atoms with Crippen molar-refractivity contribution in [1.82, 2.24) is 19.1 Å². The second-order valence-electron chi connectivity index (χ2n) is 14.1. The van der Waals surface area contributed by atoms with Gasteiger partial charge in [0.2, 0.25) is 0 Å². The van der Waals surface area contributed by atoms with E-state index in [4.69, 9.17) is 9.97 Å². The predicted molar refractivity (Wildman–Crippen MR) is 232 cm³/mol. The first kappa shape index (κ1) is 30.4. The van der Waals surface area contributed by atoms with Gasteiger partial charge in [0.1, 0.15) is 0 Å². The molecule has 0 aliphatic heterocycles. The Morgan fingerprint density at radius 2 is 0.964 bits per heavy atom. The maximum atomic E-state index is 5.26. The van der Waals surface area contributed by atoms with Crippen LogP contribution in [-0.4, -0.2) is 19.1 Å². The zero-order chi connectivity index (χ0) is 36.0. The minimum Gasteiger partial charge on any atom is -0.307 e. The summed E-state index contributed by atoms with van der Waals surface area (Å²) >= 11 is 1.90. The molecule has 4 heterocycles. The quantitative estimate of drug-likeness (QED) is 0.182. The van der Waals surface area contributed by atoms with Crippen molar-refractivity contribution in [3.63, 3.8) is 0 Å². The second kappa shape index (κ2) is 11.7. The monoisotopic (exact) mass is 718 g/mol. The molecule has 4 nitrogen and oxygen atoms in total. The predicted octanol–water partition coefficient (Wildman–Crippen LogP) is 13.5. The van der Waals surface area contributed by atoms with Crippen molar-refractivity contribution < 1.29 is 0 Å². The summed E-state index contributed by atoms with van der Waals surface area (Å²) in [6.45, 7) is 0. The SMILES string of the molecule is c1ccc(-c2nc(-c3cccc(-n4c5ccccc5c5c6sc7ccccc7c6c6c7ccccc7n(-c7ccccc7)c6c54)c3)nc3ccccc23)cc1. The van der Waals surface area contributed by atoms with E-state index in [0.29, 0.717) is 5.82 Å². The molecule has 12 aromatic rings. The molecule has 0 saturated heterocycles. The van der Waals surface area contributed by atoms with Gasteiger partial charge in [-0.25, -0.2) is 9.97 Å². The molecule has 0 radical (unpaired) electrons. The van der Waals surface area contributed by atoms with Gasteiger partial charge in [-0.1, -0.05) is 133 Å². The largest absolute Gasteiger partial charge is 0.307 e. The number of fused-ring (bicyclic) bond motifs is 13. The van der Waals surface area contributed by atoms with Crippen LogP contribution in [0.5, 0.6) is 0 Å². The van der Waals surface area contributed by atoms with Gasteiger partial charge in [-0.05, 0) is 48.5 Å². The highest BCUT2D eigenvalue weighted by atomic mass is 32.1. The Balaban J connectivity index is 1.25. The van der Waals surface area contributed by atoms with Gasteiger partial charge in [-0.3, -0.25) is 0 Å². The van der Waals surface area contributed by atoms with E-state index in [9.17, 15) is 0 Å². The summed E-state index contributed by atoms with van der Waals surface area (Å²) in [7, 11) is 0. The van der Waals surface area contributed by atoms with Crippen molar-refractivity contribution in [1.29, 1.82) is 0 Å². The third-order valence-electron chi connectivity index (χ3n) is 11.1. The molecule has 256 valence electrons. The third-order valence-corrected chi connectivity index (χ3v) is 12.3. The topological polar surface area (TPSA) is 35.6 Å². The number of thiophene rings is 1. The van der Waals surface area contributed by atoms with Crippen LogP contribution in [0.2, 0.25) is 0 Å². The van der Waals surface area contributed by atoms with Crippen molar-refractivity contribution in [2.75, 3.05) is 0 Å². The Morgan fingerprint density at radius 1 is 0.400 bits per heavy atom. The van der Waals surface area contributed by atoms with Gasteiger partial charge >= 0.3 is 0 Å². The fourth-order valence-electron chi connectivity index (χ4n) is 8.80. The Morgan fingerprint density at radius 3 is 1.75 bits per heavy atom. The molecular formula is C50H30N4S. The van der Waals surface area contributed by atoms with E-state index in [-0.39, 0.29) is 0 Å². The lowest BCUT2D eigenvalue weighted by molar-refractivity contribution is 1.15. The summed E-state index contributed by atoms with van der Waals surface area (Å²) in [5.74, 6) is 0.704. The molecule has 0 saturated carbocycles. The Labute approximate surface area is 319 Å². The molecule has 0 bridgehead atoms. The highest BCUT2D eigenvalue weighted by Crippen LogP contribution is 2.51. The van der Waals surface area contributed by atoms with Crippen LogP contribution in [0.4, 0.5) is 0 Å². The molecule has 8 aromatic carbocycles. The summed E-state index contributed by atoms with van der Waals surface area (Å²) in [5.41, 5.74) is 10.8. The molecular weight excluding hydrogens is 689 g/mol. The van der Waals surface area contributed by atoms with Crippen LogP contribution in [0, 0.1) is 0 Å². The van der Waals surface area contributed by atoms with Crippen LogP contribution in [0.15, 0.2) is 182 Å². The Bertz CT molecular complexity index is 3480. The van der Waals surface area contributed by atoms with Crippen molar-refractivity contribution in [3.05, 3.63) is 182 Å². The number of benzene rings is 8. The molecule has 0 aliphatic rings. The van der Waals surface area contributed by atoms with Crippen molar-refractivity contribution >= 4 is 86.0 Å². The molecule has 55 heavy (non-hydrogen) atoms. The lowest BCUT2D eigenvalue weighted by Crippen LogP contribution is -2.00. The third kappa shape index (κ3) is 4.39. The molecule has 0 atom stereocenters. The fourth-order valence-corrected chi connectivity index (χ4v) is 10.1.